The Kier molecular flexibility index (Phi) is 7.10. The molecule has 0 saturated heterocycles. The minimum Gasteiger partial charge on any atom is -0.490 e. The molecular weight excluding hydrogens is 545 g/mol. The molecule has 2 aromatic carbocycles. The number of benzene rings is 2. The highest BCUT2D eigenvalue weighted by Crippen LogP contribution is 2.23. The average Bonchev–Trinajstić information content (AvgIpc) is 2.68. The molecular formula is C22H23BrIN3O2. The lowest BCUT2D eigenvalue weighted by atomic mass is 10.1. The van der Waals surface area contributed by atoms with Crippen LogP contribution in [0.4, 0.5) is 0 Å². The molecule has 0 bridgehead atoms. The van der Waals surface area contributed by atoms with Crippen LogP contribution in [0.3, 0.4) is 0 Å². The standard InChI is InChI=1S/C22H23BrIN3O2/c1-5-14(4)21-26-19-8-7-16(23)11-17(19)22(28)27(21)25-12-15-6-9-20(18(24)10-15)29-13(2)3/h6-14H,5H2,1-4H3/t14-/m0/s1. The van der Waals surface area contributed by atoms with E-state index in [1.165, 1.54) is 4.68 Å². The number of aromatic nitrogens is 2. The Labute approximate surface area is 192 Å². The first-order chi connectivity index (χ1) is 13.8. The van der Waals surface area contributed by atoms with Gasteiger partial charge in [-0.15, -0.1) is 0 Å². The normalized spacial score (nSPS) is 12.8. The van der Waals surface area contributed by atoms with Gasteiger partial charge in [0.05, 0.1) is 26.8 Å². The molecule has 0 N–H and O–H groups in total. The van der Waals surface area contributed by atoms with Crippen molar-refractivity contribution in [1.29, 1.82) is 0 Å². The van der Waals surface area contributed by atoms with Gasteiger partial charge in [-0.25, -0.2) is 4.98 Å². The molecule has 0 amide bonds. The van der Waals surface area contributed by atoms with Gasteiger partial charge in [0.2, 0.25) is 0 Å². The first-order valence-electron chi connectivity index (χ1n) is 9.53. The van der Waals surface area contributed by atoms with E-state index in [0.717, 1.165) is 25.8 Å². The van der Waals surface area contributed by atoms with Crippen molar-refractivity contribution in [2.45, 2.75) is 46.1 Å². The fourth-order valence-corrected chi connectivity index (χ4v) is 3.88. The second-order valence-electron chi connectivity index (χ2n) is 7.16. The number of ether oxygens (including phenoxy) is 1. The van der Waals surface area contributed by atoms with E-state index in [1.54, 1.807) is 12.3 Å². The molecule has 152 valence electrons. The van der Waals surface area contributed by atoms with Crippen LogP contribution in [0.2, 0.25) is 0 Å². The number of halogens is 2. The largest absolute Gasteiger partial charge is 0.490 e. The summed E-state index contributed by atoms with van der Waals surface area (Å²) in [6, 6.07) is 11.4. The maximum absolute atomic E-state index is 13.2. The predicted octanol–water partition coefficient (Wildman–Crippen LogP) is 5.95. The van der Waals surface area contributed by atoms with Gasteiger partial charge in [-0.2, -0.15) is 9.78 Å². The summed E-state index contributed by atoms with van der Waals surface area (Å²) in [5.74, 6) is 1.61. The monoisotopic (exact) mass is 567 g/mol. The topological polar surface area (TPSA) is 56.5 Å². The van der Waals surface area contributed by atoms with Crippen LogP contribution in [-0.4, -0.2) is 22.0 Å². The van der Waals surface area contributed by atoms with Gasteiger partial charge in [-0.1, -0.05) is 29.8 Å². The van der Waals surface area contributed by atoms with Crippen molar-refractivity contribution >= 4 is 55.6 Å². The van der Waals surface area contributed by atoms with E-state index in [9.17, 15) is 4.79 Å². The smallest absolute Gasteiger partial charge is 0.282 e. The zero-order valence-corrected chi connectivity index (χ0v) is 20.6. The second-order valence-corrected chi connectivity index (χ2v) is 9.24. The Hall–Kier alpha value is -1.74. The number of hydrogen-bond acceptors (Lipinski definition) is 4. The van der Waals surface area contributed by atoms with E-state index < -0.39 is 0 Å². The maximum Gasteiger partial charge on any atom is 0.282 e. The molecule has 29 heavy (non-hydrogen) atoms. The van der Waals surface area contributed by atoms with Crippen LogP contribution < -0.4 is 10.3 Å². The van der Waals surface area contributed by atoms with Gasteiger partial charge < -0.3 is 4.74 Å². The molecule has 1 heterocycles. The third-order valence-corrected chi connectivity index (χ3v) is 5.86. The van der Waals surface area contributed by atoms with Crippen molar-refractivity contribution in [2.75, 3.05) is 0 Å². The summed E-state index contributed by atoms with van der Waals surface area (Å²) in [5.41, 5.74) is 1.41. The fraction of sp³-hybridized carbons (Fsp3) is 0.318. The molecule has 0 saturated carbocycles. The van der Waals surface area contributed by atoms with Gasteiger partial charge in [0.25, 0.3) is 5.56 Å². The summed E-state index contributed by atoms with van der Waals surface area (Å²) in [4.78, 5) is 17.9. The molecule has 0 radical (unpaired) electrons. The Bertz CT molecular complexity index is 1120. The van der Waals surface area contributed by atoms with Gasteiger partial charge in [-0.3, -0.25) is 4.79 Å². The number of nitrogens with zero attached hydrogens (tertiary/aromatic N) is 3. The van der Waals surface area contributed by atoms with Crippen LogP contribution in [0.15, 0.2) is 50.8 Å². The lowest BCUT2D eigenvalue weighted by molar-refractivity contribution is 0.240. The van der Waals surface area contributed by atoms with E-state index in [0.29, 0.717) is 16.7 Å². The summed E-state index contributed by atoms with van der Waals surface area (Å²) in [6.45, 7) is 8.13. The quantitative estimate of drug-likeness (QED) is 0.273. The summed E-state index contributed by atoms with van der Waals surface area (Å²) in [7, 11) is 0. The van der Waals surface area contributed by atoms with Crippen molar-refractivity contribution in [3.05, 3.63) is 66.2 Å². The van der Waals surface area contributed by atoms with Gasteiger partial charge in [0.15, 0.2) is 0 Å². The fourth-order valence-electron chi connectivity index (χ4n) is 2.85. The third kappa shape index (κ3) is 5.06. The van der Waals surface area contributed by atoms with Crippen molar-refractivity contribution in [1.82, 2.24) is 9.66 Å². The summed E-state index contributed by atoms with van der Waals surface area (Å²) >= 11 is 5.68. The van der Waals surface area contributed by atoms with Crippen LogP contribution >= 0.6 is 38.5 Å². The molecule has 0 fully saturated rings. The van der Waals surface area contributed by atoms with E-state index in [1.807, 2.05) is 44.2 Å². The average molecular weight is 568 g/mol. The zero-order chi connectivity index (χ0) is 21.1. The second kappa shape index (κ2) is 9.38. The van der Waals surface area contributed by atoms with Gasteiger partial charge in [0.1, 0.15) is 11.6 Å². The molecule has 0 spiro atoms. The van der Waals surface area contributed by atoms with Crippen LogP contribution in [0.25, 0.3) is 10.9 Å². The molecule has 0 aliphatic carbocycles. The molecule has 3 rings (SSSR count). The Balaban J connectivity index is 2.07. The third-order valence-electron chi connectivity index (χ3n) is 4.53. The van der Waals surface area contributed by atoms with E-state index >= 15 is 0 Å². The Morgan fingerprint density at radius 2 is 2.00 bits per heavy atom. The summed E-state index contributed by atoms with van der Waals surface area (Å²) in [6.07, 6.45) is 2.67. The summed E-state index contributed by atoms with van der Waals surface area (Å²) in [5, 5.41) is 5.05. The number of hydrogen-bond donors (Lipinski definition) is 0. The molecule has 0 unspecified atom stereocenters. The predicted molar refractivity (Wildman–Crippen MR) is 130 cm³/mol. The minimum absolute atomic E-state index is 0.106. The summed E-state index contributed by atoms with van der Waals surface area (Å²) < 4.78 is 9.04. The van der Waals surface area contributed by atoms with Crippen molar-refractivity contribution < 1.29 is 4.74 Å². The van der Waals surface area contributed by atoms with Crippen molar-refractivity contribution in [3.63, 3.8) is 0 Å². The van der Waals surface area contributed by atoms with Crippen LogP contribution in [0.1, 0.15) is 51.4 Å². The maximum atomic E-state index is 13.2. The Morgan fingerprint density at radius 1 is 1.24 bits per heavy atom. The van der Waals surface area contributed by atoms with E-state index in [4.69, 9.17) is 9.72 Å². The van der Waals surface area contributed by atoms with Gasteiger partial charge in [-0.05, 0) is 84.8 Å². The van der Waals surface area contributed by atoms with E-state index in [-0.39, 0.29) is 17.6 Å². The highest BCUT2D eigenvalue weighted by atomic mass is 127. The van der Waals surface area contributed by atoms with Crippen LogP contribution in [0, 0.1) is 3.57 Å². The van der Waals surface area contributed by atoms with Crippen LogP contribution in [-0.2, 0) is 0 Å². The highest BCUT2D eigenvalue weighted by molar-refractivity contribution is 14.1. The minimum atomic E-state index is -0.169. The molecule has 0 aliphatic rings. The highest BCUT2D eigenvalue weighted by Gasteiger charge is 2.15. The van der Waals surface area contributed by atoms with Gasteiger partial charge >= 0.3 is 0 Å². The molecule has 3 aromatic rings. The molecule has 1 aromatic heterocycles. The van der Waals surface area contributed by atoms with E-state index in [2.05, 4.69) is 57.5 Å². The number of rotatable bonds is 6. The van der Waals surface area contributed by atoms with Gasteiger partial charge in [0, 0.05) is 10.4 Å². The zero-order valence-electron chi connectivity index (χ0n) is 16.8. The molecule has 0 aliphatic heterocycles. The first kappa shape index (κ1) is 22.0. The molecule has 7 heteroatoms. The molecule has 1 atom stereocenters. The SMILES string of the molecule is CC[C@H](C)c1nc2ccc(Br)cc2c(=O)n1N=Cc1ccc(OC(C)C)c(I)c1. The lowest BCUT2D eigenvalue weighted by Gasteiger charge is -2.14. The van der Waals surface area contributed by atoms with Crippen molar-refractivity contribution in [3.8, 4) is 5.75 Å². The van der Waals surface area contributed by atoms with Crippen LogP contribution in [0.5, 0.6) is 5.75 Å². The number of fused-ring (bicyclic) bond motifs is 1. The van der Waals surface area contributed by atoms with Crippen molar-refractivity contribution in [2.24, 2.45) is 5.10 Å². The molecule has 5 nitrogen and oxygen atoms in total. The lowest BCUT2D eigenvalue weighted by Crippen LogP contribution is -2.23. The Morgan fingerprint density at radius 3 is 2.66 bits per heavy atom. The first-order valence-corrected chi connectivity index (χ1v) is 11.4.